The summed E-state index contributed by atoms with van der Waals surface area (Å²) in [4.78, 5) is 16.1. The van der Waals surface area contributed by atoms with Gasteiger partial charge in [-0.3, -0.25) is 9.20 Å². The van der Waals surface area contributed by atoms with E-state index >= 15 is 0 Å². The van der Waals surface area contributed by atoms with E-state index in [0.29, 0.717) is 29.0 Å². The van der Waals surface area contributed by atoms with Gasteiger partial charge in [0.1, 0.15) is 23.2 Å². The van der Waals surface area contributed by atoms with Crippen molar-refractivity contribution in [2.75, 3.05) is 7.11 Å². The van der Waals surface area contributed by atoms with E-state index in [9.17, 15) is 4.79 Å². The molecule has 0 saturated carbocycles. The number of benzene rings is 1. The molecule has 5 nitrogen and oxygen atoms in total. The summed E-state index contributed by atoms with van der Waals surface area (Å²) in [6.07, 6.45) is 1.34. The van der Waals surface area contributed by atoms with Crippen LogP contribution in [0.2, 0.25) is 0 Å². The van der Waals surface area contributed by atoms with Gasteiger partial charge in [0.15, 0.2) is 6.29 Å². The van der Waals surface area contributed by atoms with Crippen LogP contribution in [0.3, 0.4) is 0 Å². The highest BCUT2D eigenvalue weighted by Crippen LogP contribution is 2.20. The number of aldehydes is 1. The first kappa shape index (κ1) is 14.8. The molecule has 0 aliphatic rings. The van der Waals surface area contributed by atoms with Crippen molar-refractivity contribution in [3.8, 4) is 11.8 Å². The smallest absolute Gasteiger partial charge is 0.168 e. The highest BCUT2D eigenvalue weighted by atomic mass is 16.5. The topological polar surface area (TPSA) is 67.4 Å². The molecule has 0 aliphatic carbocycles. The van der Waals surface area contributed by atoms with Crippen molar-refractivity contribution in [3.63, 3.8) is 0 Å². The van der Waals surface area contributed by atoms with E-state index in [1.165, 1.54) is 0 Å². The van der Waals surface area contributed by atoms with Crippen molar-refractivity contribution in [3.05, 3.63) is 64.6 Å². The third kappa shape index (κ3) is 2.55. The van der Waals surface area contributed by atoms with E-state index in [1.807, 2.05) is 31.2 Å². The molecule has 0 amide bonds. The number of hydrogen-bond donors (Lipinski definition) is 0. The molecule has 3 aromatic rings. The number of ether oxygens (including phenoxy) is 1. The molecule has 0 atom stereocenters. The van der Waals surface area contributed by atoms with Crippen LogP contribution in [0.15, 0.2) is 36.4 Å². The maximum atomic E-state index is 11.6. The molecule has 0 bridgehead atoms. The number of carbonyl (C=O) groups is 1. The van der Waals surface area contributed by atoms with E-state index in [1.54, 1.807) is 23.6 Å². The van der Waals surface area contributed by atoms with Gasteiger partial charge in [0.05, 0.1) is 18.4 Å². The first-order valence-corrected chi connectivity index (χ1v) is 7.17. The zero-order valence-electron chi connectivity index (χ0n) is 12.9. The number of aryl methyl sites for hydroxylation is 1. The highest BCUT2D eigenvalue weighted by molar-refractivity contribution is 5.77. The van der Waals surface area contributed by atoms with Crippen LogP contribution >= 0.6 is 0 Å². The lowest BCUT2D eigenvalue weighted by Crippen LogP contribution is -2.01. The quantitative estimate of drug-likeness (QED) is 0.695. The summed E-state index contributed by atoms with van der Waals surface area (Å²) in [5.74, 6) is 0.786. The number of pyridine rings is 1. The molecule has 2 aromatic heterocycles. The van der Waals surface area contributed by atoms with Crippen molar-refractivity contribution in [1.82, 2.24) is 9.38 Å². The Bertz CT molecular complexity index is 918. The SMILES string of the molecule is COc1ccc(Cc2nc3ccc(C#N)c(C)n3c2C=O)cc1. The fourth-order valence-electron chi connectivity index (χ4n) is 2.67. The normalized spacial score (nSPS) is 10.5. The number of nitrogens with zero attached hydrogens (tertiary/aromatic N) is 3. The Morgan fingerprint density at radius 3 is 2.61 bits per heavy atom. The van der Waals surface area contributed by atoms with Crippen molar-refractivity contribution in [2.45, 2.75) is 13.3 Å². The molecule has 0 fully saturated rings. The van der Waals surface area contributed by atoms with Crippen molar-refractivity contribution in [1.29, 1.82) is 5.26 Å². The maximum absolute atomic E-state index is 11.6. The Kier molecular flexibility index (Phi) is 3.82. The predicted molar refractivity (Wildman–Crippen MR) is 85.8 cm³/mol. The van der Waals surface area contributed by atoms with Crippen molar-refractivity contribution < 1.29 is 9.53 Å². The summed E-state index contributed by atoms with van der Waals surface area (Å²) in [5.41, 5.74) is 4.16. The van der Waals surface area contributed by atoms with Gasteiger partial charge in [-0.2, -0.15) is 5.26 Å². The van der Waals surface area contributed by atoms with Gasteiger partial charge in [0, 0.05) is 12.1 Å². The number of nitriles is 1. The van der Waals surface area contributed by atoms with Crippen LogP contribution in [0.25, 0.3) is 5.65 Å². The van der Waals surface area contributed by atoms with Gasteiger partial charge < -0.3 is 4.74 Å². The standard InChI is InChI=1S/C18H15N3O2/c1-12-14(10-19)5-8-18-20-16(17(11-22)21(12)18)9-13-3-6-15(23-2)7-4-13/h3-8,11H,9H2,1-2H3. The Labute approximate surface area is 133 Å². The first-order valence-electron chi connectivity index (χ1n) is 7.17. The number of imidazole rings is 1. The van der Waals surface area contributed by atoms with Crippen LogP contribution < -0.4 is 4.74 Å². The largest absolute Gasteiger partial charge is 0.497 e. The molecule has 3 rings (SSSR count). The maximum Gasteiger partial charge on any atom is 0.168 e. The lowest BCUT2D eigenvalue weighted by atomic mass is 10.1. The number of methoxy groups -OCH3 is 1. The summed E-state index contributed by atoms with van der Waals surface area (Å²) in [6.45, 7) is 1.82. The van der Waals surface area contributed by atoms with Crippen molar-refractivity contribution >= 4 is 11.9 Å². The molecule has 5 heteroatoms. The second-order valence-corrected chi connectivity index (χ2v) is 5.22. The third-order valence-electron chi connectivity index (χ3n) is 3.90. The third-order valence-corrected chi connectivity index (χ3v) is 3.90. The van der Waals surface area contributed by atoms with Gasteiger partial charge >= 0.3 is 0 Å². The molecular weight excluding hydrogens is 290 g/mol. The summed E-state index contributed by atoms with van der Waals surface area (Å²) in [6, 6.07) is 13.3. The summed E-state index contributed by atoms with van der Waals surface area (Å²) >= 11 is 0. The minimum absolute atomic E-state index is 0.491. The van der Waals surface area contributed by atoms with Crippen LogP contribution in [0, 0.1) is 18.3 Å². The molecule has 0 saturated heterocycles. The number of hydrogen-bond acceptors (Lipinski definition) is 4. The molecule has 0 unspecified atom stereocenters. The summed E-state index contributed by atoms with van der Waals surface area (Å²) in [7, 11) is 1.62. The molecule has 23 heavy (non-hydrogen) atoms. The fourth-order valence-corrected chi connectivity index (χ4v) is 2.67. The second kappa shape index (κ2) is 5.93. The monoisotopic (exact) mass is 305 g/mol. The van der Waals surface area contributed by atoms with E-state index in [0.717, 1.165) is 23.3 Å². The lowest BCUT2D eigenvalue weighted by molar-refractivity contribution is 0.111. The molecule has 2 heterocycles. The van der Waals surface area contributed by atoms with Crippen LogP contribution in [-0.4, -0.2) is 22.8 Å². The van der Waals surface area contributed by atoms with Crippen LogP contribution in [0.5, 0.6) is 5.75 Å². The Balaban J connectivity index is 2.08. The zero-order chi connectivity index (χ0) is 16.4. The Morgan fingerprint density at radius 1 is 1.26 bits per heavy atom. The van der Waals surface area contributed by atoms with Crippen molar-refractivity contribution in [2.24, 2.45) is 0 Å². The molecule has 1 aromatic carbocycles. The average Bonchev–Trinajstić information content (AvgIpc) is 2.94. The fraction of sp³-hybridized carbons (Fsp3) is 0.167. The average molecular weight is 305 g/mol. The summed E-state index contributed by atoms with van der Waals surface area (Å²) < 4.78 is 6.89. The molecule has 0 aliphatic heterocycles. The van der Waals surface area contributed by atoms with Gasteiger partial charge in [0.2, 0.25) is 0 Å². The van der Waals surface area contributed by atoms with Crippen LogP contribution in [0.1, 0.15) is 33.0 Å². The minimum atomic E-state index is 0.491. The van der Waals surface area contributed by atoms with E-state index in [4.69, 9.17) is 10.00 Å². The van der Waals surface area contributed by atoms with E-state index in [2.05, 4.69) is 11.1 Å². The number of fused-ring (bicyclic) bond motifs is 1. The Hall–Kier alpha value is -3.13. The number of carbonyl (C=O) groups excluding carboxylic acids is 1. The van der Waals surface area contributed by atoms with Gasteiger partial charge in [0.25, 0.3) is 0 Å². The molecular formula is C18H15N3O2. The zero-order valence-corrected chi connectivity index (χ0v) is 12.9. The predicted octanol–water partition coefficient (Wildman–Crippen LogP) is 2.93. The minimum Gasteiger partial charge on any atom is -0.497 e. The second-order valence-electron chi connectivity index (χ2n) is 5.22. The number of rotatable bonds is 4. The van der Waals surface area contributed by atoms with Gasteiger partial charge in [-0.15, -0.1) is 0 Å². The first-order chi connectivity index (χ1) is 11.2. The van der Waals surface area contributed by atoms with E-state index in [-0.39, 0.29) is 0 Å². The Morgan fingerprint density at radius 2 is 2.00 bits per heavy atom. The molecule has 0 N–H and O–H groups in total. The van der Waals surface area contributed by atoms with Gasteiger partial charge in [-0.1, -0.05) is 12.1 Å². The number of aromatic nitrogens is 2. The lowest BCUT2D eigenvalue weighted by Gasteiger charge is -2.04. The van der Waals surface area contributed by atoms with Gasteiger partial charge in [-0.05, 0) is 36.8 Å². The van der Waals surface area contributed by atoms with Crippen LogP contribution in [0.4, 0.5) is 0 Å². The van der Waals surface area contributed by atoms with Crippen LogP contribution in [-0.2, 0) is 6.42 Å². The van der Waals surface area contributed by atoms with Gasteiger partial charge in [-0.25, -0.2) is 4.98 Å². The molecule has 0 radical (unpaired) electrons. The molecule has 114 valence electrons. The molecule has 0 spiro atoms. The summed E-state index contributed by atoms with van der Waals surface area (Å²) in [5, 5.41) is 9.15. The van der Waals surface area contributed by atoms with E-state index < -0.39 is 0 Å². The highest BCUT2D eigenvalue weighted by Gasteiger charge is 2.15.